The highest BCUT2D eigenvalue weighted by Gasteiger charge is 2.32. The molecule has 0 spiro atoms. The summed E-state index contributed by atoms with van der Waals surface area (Å²) < 4.78 is 1.32. The molecular formula is C64H86N2O2S9. The van der Waals surface area contributed by atoms with Crippen molar-refractivity contribution in [3.05, 3.63) is 78.2 Å². The van der Waals surface area contributed by atoms with Crippen LogP contribution in [0.15, 0.2) is 46.2 Å². The van der Waals surface area contributed by atoms with Crippen molar-refractivity contribution in [2.45, 2.75) is 221 Å². The van der Waals surface area contributed by atoms with Crippen LogP contribution in [-0.2, 0) is 35.3 Å². The number of nitrogens with zero attached hydrogens (tertiary/aromatic N) is 2. The van der Waals surface area contributed by atoms with Crippen molar-refractivity contribution in [2.75, 3.05) is 13.1 Å². The third-order valence-electron chi connectivity index (χ3n) is 14.9. The normalized spacial score (nSPS) is 15.1. The Kier molecular flexibility index (Phi) is 26.8. The summed E-state index contributed by atoms with van der Waals surface area (Å²) in [4.78, 5) is 45.2. The van der Waals surface area contributed by atoms with Gasteiger partial charge in [-0.2, -0.15) is 0 Å². The van der Waals surface area contributed by atoms with Crippen LogP contribution in [0.4, 0.5) is 0 Å². The van der Waals surface area contributed by atoms with E-state index in [4.69, 9.17) is 24.4 Å². The highest BCUT2D eigenvalue weighted by Crippen LogP contribution is 2.50. The quantitative estimate of drug-likeness (QED) is 0.0226. The number of thioether (sulfide) groups is 2. The molecule has 0 atom stereocenters. The molecule has 5 aromatic rings. The Morgan fingerprint density at radius 3 is 0.987 bits per heavy atom. The van der Waals surface area contributed by atoms with Gasteiger partial charge in [-0.25, -0.2) is 0 Å². The standard InChI is InChI=1S/C64H86N2O2S9/c1-7-13-17-21-25-29-33-45-39-49(43-55-61(67)65(11-5)63(69)76-55)71-59(45)53-41-47(35-31-27-23-19-15-9-3)57(74-53)51-37-38-52(73-51)58-48(36-32-28-24-20-16-10-4)42-54(75-58)60-46(34-30-26-22-18-14-8-2)40-50(72-60)44-56-62(68)66(12-6)64(70)77-56/h37-44H,7-36H2,1-6H3/b55-43+,56-44+. The third kappa shape index (κ3) is 17.7. The number of hydrogen-bond acceptors (Lipinski definition) is 11. The number of thiocarbonyl (C=S) groups is 2. The SMILES string of the molecule is CCCCCCCCc1cc(/C=C2/SC(=S)N(CC)C2=O)sc1-c1cc(CCCCCCCC)c(-c2ccc(-c3sc(-c4sc(/C=C5/SC(=S)N(CC)C5=O)cc4CCCCCCCC)cc3CCCCCCCC)s2)s1. The second-order valence-corrected chi connectivity index (χ2v) is 29.7. The van der Waals surface area contributed by atoms with Gasteiger partial charge in [0.2, 0.25) is 0 Å². The Bertz CT molecular complexity index is 2580. The van der Waals surface area contributed by atoms with Crippen LogP contribution in [0.25, 0.3) is 51.2 Å². The first kappa shape index (κ1) is 62.4. The number of aryl methyl sites for hydroxylation is 4. The van der Waals surface area contributed by atoms with Crippen LogP contribution in [0.2, 0.25) is 0 Å². The molecule has 2 fully saturated rings. The molecule has 5 aromatic heterocycles. The first-order chi connectivity index (χ1) is 37.6. The van der Waals surface area contributed by atoms with Crippen LogP contribution < -0.4 is 0 Å². The molecule has 2 amide bonds. The molecule has 7 rings (SSSR count). The summed E-state index contributed by atoms with van der Waals surface area (Å²) >= 11 is 23.9. The first-order valence-corrected chi connectivity index (χ1v) is 36.3. The topological polar surface area (TPSA) is 40.6 Å². The van der Waals surface area contributed by atoms with Crippen molar-refractivity contribution >= 4 is 137 Å². The monoisotopic (exact) mass is 1200 g/mol. The fraction of sp³-hybridized carbons (Fsp3) is 0.562. The number of thiophene rings is 5. The Morgan fingerprint density at radius 1 is 0.377 bits per heavy atom. The predicted octanol–water partition coefficient (Wildman–Crippen LogP) is 22.7. The lowest BCUT2D eigenvalue weighted by atomic mass is 10.0. The van der Waals surface area contributed by atoms with E-state index in [9.17, 15) is 9.59 Å². The molecule has 0 saturated carbocycles. The summed E-state index contributed by atoms with van der Waals surface area (Å²) in [6.07, 6.45) is 39.1. The van der Waals surface area contributed by atoms with Crippen LogP contribution in [0, 0.1) is 0 Å². The minimum Gasteiger partial charge on any atom is -0.293 e. The average Bonchev–Trinajstić information content (AvgIpc) is 4.32. The average molecular weight is 1200 g/mol. The van der Waals surface area contributed by atoms with Crippen molar-refractivity contribution in [2.24, 2.45) is 0 Å². The van der Waals surface area contributed by atoms with Gasteiger partial charge in [0.05, 0.1) is 9.81 Å². The van der Waals surface area contributed by atoms with Gasteiger partial charge in [0, 0.05) is 61.9 Å². The van der Waals surface area contributed by atoms with Gasteiger partial charge in [0.25, 0.3) is 11.8 Å². The molecule has 77 heavy (non-hydrogen) atoms. The zero-order valence-corrected chi connectivity index (χ0v) is 54.6. The second-order valence-electron chi connectivity index (χ2n) is 21.0. The zero-order valence-electron chi connectivity index (χ0n) is 47.2. The first-order valence-electron chi connectivity index (χ1n) is 29.7. The molecule has 2 aliphatic heterocycles. The number of rotatable bonds is 36. The molecule has 13 heteroatoms. The number of carbonyl (C=O) groups is 2. The van der Waals surface area contributed by atoms with E-state index < -0.39 is 0 Å². The summed E-state index contributed by atoms with van der Waals surface area (Å²) in [6, 6.07) is 14.7. The van der Waals surface area contributed by atoms with Crippen molar-refractivity contribution in [3.8, 4) is 39.0 Å². The largest absolute Gasteiger partial charge is 0.293 e. The van der Waals surface area contributed by atoms with E-state index in [1.165, 1.54) is 239 Å². The fourth-order valence-electron chi connectivity index (χ4n) is 10.5. The Morgan fingerprint density at radius 2 is 0.675 bits per heavy atom. The molecule has 2 saturated heterocycles. The summed E-state index contributed by atoms with van der Waals surface area (Å²) in [5, 5.41) is 0. The van der Waals surface area contributed by atoms with Gasteiger partial charge in [-0.3, -0.25) is 19.4 Å². The summed E-state index contributed by atoms with van der Waals surface area (Å²) in [5.41, 5.74) is 5.81. The lowest BCUT2D eigenvalue weighted by Crippen LogP contribution is -2.27. The van der Waals surface area contributed by atoms with E-state index in [1.807, 2.05) is 70.5 Å². The maximum Gasteiger partial charge on any atom is 0.266 e. The fourth-order valence-corrected chi connectivity index (χ4v) is 19.7. The highest BCUT2D eigenvalue weighted by molar-refractivity contribution is 8.27. The Balaban J connectivity index is 1.25. The lowest BCUT2D eigenvalue weighted by molar-refractivity contribution is -0.122. The van der Waals surface area contributed by atoms with Gasteiger partial charge in [0.15, 0.2) is 0 Å². The van der Waals surface area contributed by atoms with E-state index in [0.29, 0.717) is 21.7 Å². The van der Waals surface area contributed by atoms with Crippen molar-refractivity contribution in [1.29, 1.82) is 0 Å². The smallest absolute Gasteiger partial charge is 0.266 e. The third-order valence-corrected chi connectivity index (χ3v) is 24.1. The van der Waals surface area contributed by atoms with Crippen LogP contribution in [0.1, 0.15) is 228 Å². The molecule has 0 aliphatic carbocycles. The van der Waals surface area contributed by atoms with E-state index in [0.717, 1.165) is 45.2 Å². The van der Waals surface area contributed by atoms with Gasteiger partial charge in [0.1, 0.15) is 8.64 Å². The maximum atomic E-state index is 13.4. The zero-order chi connectivity index (χ0) is 54.5. The van der Waals surface area contributed by atoms with Crippen molar-refractivity contribution < 1.29 is 9.59 Å². The molecule has 0 N–H and O–H groups in total. The van der Waals surface area contributed by atoms with Crippen LogP contribution >= 0.6 is 105 Å². The van der Waals surface area contributed by atoms with Gasteiger partial charge in [-0.05, 0) is 136 Å². The number of amides is 2. The molecule has 0 radical (unpaired) electrons. The Hall–Kier alpha value is -2.20. The van der Waals surface area contributed by atoms with Crippen LogP contribution in [0.3, 0.4) is 0 Å². The molecule has 0 bridgehead atoms. The molecule has 418 valence electrons. The van der Waals surface area contributed by atoms with Gasteiger partial charge >= 0.3 is 0 Å². The van der Waals surface area contributed by atoms with Gasteiger partial charge < -0.3 is 0 Å². The molecule has 4 nitrogen and oxygen atoms in total. The van der Waals surface area contributed by atoms with Crippen LogP contribution in [0.5, 0.6) is 0 Å². The summed E-state index contributed by atoms with van der Waals surface area (Å²) in [5.74, 6) is 0.0699. The minimum atomic E-state index is 0.0349. The van der Waals surface area contributed by atoms with Crippen LogP contribution in [-0.4, -0.2) is 43.3 Å². The molecule has 0 unspecified atom stereocenters. The summed E-state index contributed by atoms with van der Waals surface area (Å²) in [7, 11) is 0. The van der Waals surface area contributed by atoms with Gasteiger partial charge in [-0.15, -0.1) is 56.7 Å². The van der Waals surface area contributed by atoms with E-state index in [1.54, 1.807) is 9.80 Å². The van der Waals surface area contributed by atoms with Crippen molar-refractivity contribution in [3.63, 3.8) is 0 Å². The maximum absolute atomic E-state index is 13.4. The van der Waals surface area contributed by atoms with E-state index >= 15 is 0 Å². The number of likely N-dealkylation sites (N-methyl/N-ethyl adjacent to an activating group) is 2. The molecule has 0 aromatic carbocycles. The second kappa shape index (κ2) is 33.0. The molecule has 2 aliphatic rings. The number of hydrogen-bond donors (Lipinski definition) is 0. The van der Waals surface area contributed by atoms with Crippen molar-refractivity contribution in [1.82, 2.24) is 9.80 Å². The van der Waals surface area contributed by atoms with E-state index in [2.05, 4.69) is 76.2 Å². The minimum absolute atomic E-state index is 0.0349. The number of carbonyl (C=O) groups excluding carboxylic acids is 2. The number of unbranched alkanes of at least 4 members (excludes halogenated alkanes) is 20. The molecule has 7 heterocycles. The van der Waals surface area contributed by atoms with Gasteiger partial charge in [-0.1, -0.05) is 204 Å². The predicted molar refractivity (Wildman–Crippen MR) is 357 cm³/mol. The summed E-state index contributed by atoms with van der Waals surface area (Å²) in [6.45, 7) is 14.4. The van der Waals surface area contributed by atoms with E-state index in [-0.39, 0.29) is 11.8 Å². The lowest BCUT2D eigenvalue weighted by Gasteiger charge is -2.09. The highest BCUT2D eigenvalue weighted by atomic mass is 32.2. The molecular weight excluding hydrogens is 1120 g/mol. The Labute approximate surface area is 503 Å².